The van der Waals surface area contributed by atoms with Gasteiger partial charge in [-0.1, -0.05) is 25.7 Å². The Bertz CT molecular complexity index is 198. The van der Waals surface area contributed by atoms with Crippen molar-refractivity contribution >= 4 is 12.3 Å². The molecule has 0 bridgehead atoms. The molecule has 0 saturated carbocycles. The third-order valence-electron chi connectivity index (χ3n) is 2.43. The van der Waals surface area contributed by atoms with E-state index in [-0.39, 0.29) is 12.5 Å². The van der Waals surface area contributed by atoms with Gasteiger partial charge in [0.15, 0.2) is 0 Å². The van der Waals surface area contributed by atoms with E-state index in [0.717, 1.165) is 45.2 Å². The number of carbonyl (C=O) groups is 2. The molecular formula is C12H24N2O3. The van der Waals surface area contributed by atoms with Crippen LogP contribution >= 0.6 is 0 Å². The Kier molecular flexibility index (Phi) is 12.1. The summed E-state index contributed by atoms with van der Waals surface area (Å²) >= 11 is 0. The molecule has 0 aliphatic rings. The number of ether oxygens (including phenoxy) is 1. The van der Waals surface area contributed by atoms with Crippen molar-refractivity contribution < 1.29 is 14.3 Å². The maximum atomic E-state index is 11.0. The van der Waals surface area contributed by atoms with E-state index in [1.54, 1.807) is 0 Å². The van der Waals surface area contributed by atoms with E-state index in [1.165, 1.54) is 20.0 Å². The summed E-state index contributed by atoms with van der Waals surface area (Å²) in [7, 11) is 1.51. The molecule has 0 atom stereocenters. The largest absolute Gasteiger partial charge is 0.375 e. The first-order chi connectivity index (χ1) is 8.31. The minimum absolute atomic E-state index is 0.0487. The molecule has 0 aromatic heterocycles. The van der Waals surface area contributed by atoms with Crippen molar-refractivity contribution in [2.75, 3.05) is 26.8 Å². The standard InChI is InChI=1S/C12H24N2O3/c1-17-10-12(16)14-9-7-5-3-2-4-6-8-13-11-15/h11H,2-10H2,1H3,(H,13,15)(H,14,16). The molecule has 0 saturated heterocycles. The molecule has 0 aromatic rings. The molecule has 0 aliphatic carbocycles. The lowest BCUT2D eigenvalue weighted by Crippen LogP contribution is -2.27. The van der Waals surface area contributed by atoms with Crippen molar-refractivity contribution in [1.82, 2.24) is 10.6 Å². The highest BCUT2D eigenvalue weighted by Crippen LogP contribution is 2.04. The Morgan fingerprint density at radius 2 is 1.65 bits per heavy atom. The van der Waals surface area contributed by atoms with Crippen LogP contribution in [0, 0.1) is 0 Å². The van der Waals surface area contributed by atoms with Crippen molar-refractivity contribution in [3.8, 4) is 0 Å². The summed E-state index contributed by atoms with van der Waals surface area (Å²) in [5, 5.41) is 5.43. The molecule has 100 valence electrons. The van der Waals surface area contributed by atoms with Crippen LogP contribution in [0.25, 0.3) is 0 Å². The fourth-order valence-electron chi connectivity index (χ4n) is 1.53. The van der Waals surface area contributed by atoms with Crippen LogP contribution in [0.5, 0.6) is 0 Å². The second kappa shape index (κ2) is 13.0. The van der Waals surface area contributed by atoms with Crippen LogP contribution in [0.2, 0.25) is 0 Å². The van der Waals surface area contributed by atoms with Crippen molar-refractivity contribution in [2.24, 2.45) is 0 Å². The molecule has 17 heavy (non-hydrogen) atoms. The van der Waals surface area contributed by atoms with Crippen LogP contribution in [0.1, 0.15) is 38.5 Å². The van der Waals surface area contributed by atoms with E-state index in [4.69, 9.17) is 4.74 Å². The number of amides is 2. The Morgan fingerprint density at radius 1 is 1.06 bits per heavy atom. The highest BCUT2D eigenvalue weighted by Gasteiger charge is 1.97. The zero-order chi connectivity index (χ0) is 12.8. The Morgan fingerprint density at radius 3 is 2.24 bits per heavy atom. The lowest BCUT2D eigenvalue weighted by atomic mass is 10.1. The summed E-state index contributed by atoms with van der Waals surface area (Å²) in [6.07, 6.45) is 7.45. The maximum Gasteiger partial charge on any atom is 0.245 e. The van der Waals surface area contributed by atoms with E-state index in [1.807, 2.05) is 0 Å². The molecule has 5 heteroatoms. The van der Waals surface area contributed by atoms with Crippen LogP contribution < -0.4 is 10.6 Å². The summed E-state index contributed by atoms with van der Waals surface area (Å²) in [5.41, 5.74) is 0. The average molecular weight is 244 g/mol. The third kappa shape index (κ3) is 12.8. The lowest BCUT2D eigenvalue weighted by molar-refractivity contribution is -0.124. The van der Waals surface area contributed by atoms with Crippen molar-refractivity contribution in [3.05, 3.63) is 0 Å². The van der Waals surface area contributed by atoms with E-state index in [9.17, 15) is 9.59 Å². The molecule has 2 amide bonds. The van der Waals surface area contributed by atoms with Crippen LogP contribution in [0.15, 0.2) is 0 Å². The van der Waals surface area contributed by atoms with Gasteiger partial charge >= 0.3 is 0 Å². The number of nitrogens with one attached hydrogen (secondary N) is 2. The predicted octanol–water partition coefficient (Wildman–Crippen LogP) is 0.836. The Balaban J connectivity index is 3.03. The van der Waals surface area contributed by atoms with Gasteiger partial charge < -0.3 is 15.4 Å². The number of methoxy groups -OCH3 is 1. The molecule has 0 aromatic carbocycles. The minimum atomic E-state index is -0.0487. The summed E-state index contributed by atoms with van der Waals surface area (Å²) in [6.45, 7) is 1.65. The van der Waals surface area contributed by atoms with Gasteiger partial charge in [0.05, 0.1) is 0 Å². The van der Waals surface area contributed by atoms with Gasteiger partial charge in [-0.3, -0.25) is 9.59 Å². The molecule has 0 heterocycles. The van der Waals surface area contributed by atoms with Gasteiger partial charge in [0, 0.05) is 20.2 Å². The normalized spacial score (nSPS) is 9.94. The molecule has 0 aliphatic heterocycles. The first kappa shape index (κ1) is 15.9. The molecular weight excluding hydrogens is 220 g/mol. The predicted molar refractivity (Wildman–Crippen MR) is 66.7 cm³/mol. The van der Waals surface area contributed by atoms with Crippen LogP contribution in [-0.4, -0.2) is 39.1 Å². The topological polar surface area (TPSA) is 67.4 Å². The first-order valence-electron chi connectivity index (χ1n) is 6.24. The number of unbranched alkanes of at least 4 members (excludes halogenated alkanes) is 5. The quantitative estimate of drug-likeness (QED) is 0.395. The molecule has 0 rings (SSSR count). The monoisotopic (exact) mass is 244 g/mol. The van der Waals surface area contributed by atoms with E-state index < -0.39 is 0 Å². The van der Waals surface area contributed by atoms with Gasteiger partial charge in [0.1, 0.15) is 6.61 Å². The fraction of sp³-hybridized carbons (Fsp3) is 0.833. The van der Waals surface area contributed by atoms with E-state index >= 15 is 0 Å². The van der Waals surface area contributed by atoms with Gasteiger partial charge in [-0.05, 0) is 12.8 Å². The number of hydrogen-bond acceptors (Lipinski definition) is 3. The molecule has 0 unspecified atom stereocenters. The zero-order valence-electron chi connectivity index (χ0n) is 10.7. The van der Waals surface area contributed by atoms with Gasteiger partial charge in [0.25, 0.3) is 0 Å². The van der Waals surface area contributed by atoms with Crippen molar-refractivity contribution in [2.45, 2.75) is 38.5 Å². The lowest BCUT2D eigenvalue weighted by Gasteiger charge is -2.04. The maximum absolute atomic E-state index is 11.0. The van der Waals surface area contributed by atoms with Crippen molar-refractivity contribution in [3.63, 3.8) is 0 Å². The smallest absolute Gasteiger partial charge is 0.245 e. The molecule has 5 nitrogen and oxygen atoms in total. The molecule has 0 fully saturated rings. The summed E-state index contributed by atoms with van der Waals surface area (Å²) in [6, 6.07) is 0. The summed E-state index contributed by atoms with van der Waals surface area (Å²) in [5.74, 6) is -0.0487. The van der Waals surface area contributed by atoms with E-state index in [2.05, 4.69) is 10.6 Å². The second-order valence-corrected chi connectivity index (χ2v) is 3.98. The summed E-state index contributed by atoms with van der Waals surface area (Å²) in [4.78, 5) is 21.0. The summed E-state index contributed by atoms with van der Waals surface area (Å²) < 4.78 is 4.70. The van der Waals surface area contributed by atoms with Crippen molar-refractivity contribution in [1.29, 1.82) is 0 Å². The fourth-order valence-corrected chi connectivity index (χ4v) is 1.53. The van der Waals surface area contributed by atoms with Crippen LogP contribution in [0.3, 0.4) is 0 Å². The molecule has 0 spiro atoms. The van der Waals surface area contributed by atoms with E-state index in [0.29, 0.717) is 0 Å². The van der Waals surface area contributed by atoms with Gasteiger partial charge in [-0.15, -0.1) is 0 Å². The van der Waals surface area contributed by atoms with Gasteiger partial charge in [-0.25, -0.2) is 0 Å². The number of rotatable bonds is 12. The third-order valence-corrected chi connectivity index (χ3v) is 2.43. The minimum Gasteiger partial charge on any atom is -0.375 e. The number of carbonyl (C=O) groups excluding carboxylic acids is 2. The van der Waals surface area contributed by atoms with Crippen LogP contribution in [-0.2, 0) is 14.3 Å². The first-order valence-corrected chi connectivity index (χ1v) is 6.24. The molecule has 0 radical (unpaired) electrons. The molecule has 2 N–H and O–H groups in total. The second-order valence-electron chi connectivity index (χ2n) is 3.98. The Labute approximate surface area is 103 Å². The average Bonchev–Trinajstić information content (AvgIpc) is 2.32. The SMILES string of the molecule is COCC(=O)NCCCCCCCCNC=O. The van der Waals surface area contributed by atoms with Gasteiger partial charge in [0.2, 0.25) is 12.3 Å². The van der Waals surface area contributed by atoms with Crippen LogP contribution in [0.4, 0.5) is 0 Å². The number of hydrogen-bond donors (Lipinski definition) is 2. The zero-order valence-corrected chi connectivity index (χ0v) is 10.7. The van der Waals surface area contributed by atoms with Gasteiger partial charge in [-0.2, -0.15) is 0 Å². The highest BCUT2D eigenvalue weighted by molar-refractivity contribution is 5.77. The Hall–Kier alpha value is -1.10. The highest BCUT2D eigenvalue weighted by atomic mass is 16.5.